The zero-order valence-corrected chi connectivity index (χ0v) is 16.2. The van der Waals surface area contributed by atoms with Crippen molar-refractivity contribution in [2.75, 3.05) is 45.9 Å². The van der Waals surface area contributed by atoms with E-state index in [0.29, 0.717) is 27.8 Å². The Labute approximate surface area is 166 Å². The van der Waals surface area contributed by atoms with Gasteiger partial charge in [-0.2, -0.15) is 13.2 Å². The molecule has 0 spiro atoms. The van der Waals surface area contributed by atoms with E-state index in [0.717, 1.165) is 0 Å². The zero-order valence-electron chi connectivity index (χ0n) is 16.2. The summed E-state index contributed by atoms with van der Waals surface area (Å²) in [6.45, 7) is -2.05. The van der Waals surface area contributed by atoms with Gasteiger partial charge in [0.15, 0.2) is 11.5 Å². The summed E-state index contributed by atoms with van der Waals surface area (Å²) in [4.78, 5) is 26.9. The number of ether oxygens (including phenoxy) is 3. The van der Waals surface area contributed by atoms with E-state index >= 15 is 0 Å². The van der Waals surface area contributed by atoms with Crippen molar-refractivity contribution in [3.8, 4) is 29.6 Å². The lowest BCUT2D eigenvalue weighted by Gasteiger charge is -2.25. The molecule has 158 valence electrons. The third kappa shape index (κ3) is 5.04. The lowest BCUT2D eigenvalue weighted by Crippen LogP contribution is -2.43. The molecule has 1 atom stereocenters. The predicted molar refractivity (Wildman–Crippen MR) is 98.0 cm³/mol. The largest absolute Gasteiger partial charge is 0.493 e. The minimum absolute atomic E-state index is 0.0881. The maximum Gasteiger partial charge on any atom is 0.406 e. The van der Waals surface area contributed by atoms with Crippen LogP contribution in [0.3, 0.4) is 0 Å². The van der Waals surface area contributed by atoms with Crippen molar-refractivity contribution in [2.45, 2.75) is 12.6 Å². The first kappa shape index (κ1) is 22.2. The second kappa shape index (κ2) is 8.94. The first-order chi connectivity index (χ1) is 13.6. The molecule has 1 heterocycles. The number of carbonyl (C=O) groups excluding carboxylic acids is 2. The fourth-order valence-electron chi connectivity index (χ4n) is 3.14. The Bertz CT molecular complexity index is 794. The summed E-state index contributed by atoms with van der Waals surface area (Å²) in [6, 6.07) is 3.06. The monoisotopic (exact) mass is 414 g/mol. The first-order valence-electron chi connectivity index (χ1n) is 8.54. The van der Waals surface area contributed by atoms with Gasteiger partial charge in [-0.05, 0) is 0 Å². The molecule has 1 aliphatic rings. The number of alkyl halides is 3. The van der Waals surface area contributed by atoms with Crippen LogP contribution in [0.2, 0.25) is 0 Å². The Hall–Kier alpha value is -3.09. The van der Waals surface area contributed by atoms with Gasteiger partial charge in [0.2, 0.25) is 17.6 Å². The quantitative estimate of drug-likeness (QED) is 0.640. The second-order valence-corrected chi connectivity index (χ2v) is 6.30. The van der Waals surface area contributed by atoms with Gasteiger partial charge in [0.05, 0.1) is 39.5 Å². The van der Waals surface area contributed by atoms with E-state index < -0.39 is 37.0 Å². The van der Waals surface area contributed by atoms with Crippen LogP contribution in [0.5, 0.6) is 17.2 Å². The molecule has 1 aliphatic heterocycles. The van der Waals surface area contributed by atoms with Crippen LogP contribution >= 0.6 is 0 Å². The van der Waals surface area contributed by atoms with E-state index in [4.69, 9.17) is 20.6 Å². The number of anilines is 1. The molecule has 2 amide bonds. The number of nitrogens with zero attached hydrogens (tertiary/aromatic N) is 2. The standard InChI is InChI=1S/C19H21F3N2O5/c1-5-6-23(11-19(20,21)22)18(26)12-7-16(25)24(10-12)13-8-14(27-2)17(29-4)15(9-13)28-3/h1,8-9,12H,6-7,10-11H2,2-4H3/t12-/m1/s1. The molecule has 7 nitrogen and oxygen atoms in total. The van der Waals surface area contributed by atoms with Gasteiger partial charge in [-0.15, -0.1) is 6.42 Å². The normalized spacial score (nSPS) is 16.4. The summed E-state index contributed by atoms with van der Waals surface area (Å²) in [6.07, 6.45) is 0.274. The molecule has 0 radical (unpaired) electrons. The lowest BCUT2D eigenvalue weighted by molar-refractivity contribution is -0.162. The van der Waals surface area contributed by atoms with Gasteiger partial charge in [0.25, 0.3) is 0 Å². The zero-order chi connectivity index (χ0) is 21.8. The minimum atomic E-state index is -4.59. The summed E-state index contributed by atoms with van der Waals surface area (Å²) in [7, 11) is 4.25. The van der Waals surface area contributed by atoms with E-state index in [1.54, 1.807) is 0 Å². The van der Waals surface area contributed by atoms with Crippen molar-refractivity contribution >= 4 is 17.5 Å². The molecule has 0 saturated carbocycles. The van der Waals surface area contributed by atoms with E-state index in [2.05, 4.69) is 5.92 Å². The Kier molecular flexibility index (Phi) is 6.84. The summed E-state index contributed by atoms with van der Waals surface area (Å²) in [5.41, 5.74) is 0.374. The molecule has 0 unspecified atom stereocenters. The number of methoxy groups -OCH3 is 3. The molecule has 0 aliphatic carbocycles. The molecule has 1 aromatic rings. The van der Waals surface area contributed by atoms with Crippen molar-refractivity contribution in [3.05, 3.63) is 12.1 Å². The third-order valence-electron chi connectivity index (χ3n) is 4.40. The molecule has 1 fully saturated rings. The number of halogens is 3. The van der Waals surface area contributed by atoms with Gasteiger partial charge in [0.1, 0.15) is 6.54 Å². The van der Waals surface area contributed by atoms with Gasteiger partial charge in [0, 0.05) is 25.1 Å². The number of benzene rings is 1. The predicted octanol–water partition coefficient (Wildman–Crippen LogP) is 2.09. The van der Waals surface area contributed by atoms with Crippen LogP contribution in [0.4, 0.5) is 18.9 Å². The Morgan fingerprint density at radius 1 is 1.24 bits per heavy atom. The number of rotatable bonds is 7. The molecular formula is C19H21F3N2O5. The number of amides is 2. The summed E-state index contributed by atoms with van der Waals surface area (Å²) in [5, 5.41) is 0. The van der Waals surface area contributed by atoms with Gasteiger partial charge >= 0.3 is 6.18 Å². The van der Waals surface area contributed by atoms with E-state index in [1.165, 1.54) is 38.4 Å². The number of carbonyl (C=O) groups is 2. The molecule has 2 rings (SSSR count). The van der Waals surface area contributed by atoms with Crippen molar-refractivity contribution < 1.29 is 37.0 Å². The second-order valence-electron chi connectivity index (χ2n) is 6.30. The Morgan fingerprint density at radius 3 is 2.28 bits per heavy atom. The van der Waals surface area contributed by atoms with Gasteiger partial charge < -0.3 is 24.0 Å². The maximum atomic E-state index is 12.8. The highest BCUT2D eigenvalue weighted by Gasteiger charge is 2.40. The number of hydrogen-bond donors (Lipinski definition) is 0. The van der Waals surface area contributed by atoms with E-state index in [1.807, 2.05) is 0 Å². The van der Waals surface area contributed by atoms with Crippen LogP contribution in [0, 0.1) is 18.3 Å². The van der Waals surface area contributed by atoms with Crippen molar-refractivity contribution in [3.63, 3.8) is 0 Å². The van der Waals surface area contributed by atoms with Gasteiger partial charge in [-0.1, -0.05) is 5.92 Å². The van der Waals surface area contributed by atoms with Crippen molar-refractivity contribution in [2.24, 2.45) is 5.92 Å². The van der Waals surface area contributed by atoms with Crippen LogP contribution in [-0.2, 0) is 9.59 Å². The third-order valence-corrected chi connectivity index (χ3v) is 4.40. The molecule has 1 saturated heterocycles. The SMILES string of the molecule is C#CCN(CC(F)(F)F)C(=O)[C@@H]1CC(=O)N(c2cc(OC)c(OC)c(OC)c2)C1. The van der Waals surface area contributed by atoms with Crippen molar-refractivity contribution in [1.29, 1.82) is 0 Å². The van der Waals surface area contributed by atoms with E-state index in [-0.39, 0.29) is 13.0 Å². The average Bonchev–Trinajstić information content (AvgIpc) is 3.06. The smallest absolute Gasteiger partial charge is 0.406 e. The van der Waals surface area contributed by atoms with Crippen LogP contribution in [0.1, 0.15) is 6.42 Å². The molecule has 0 N–H and O–H groups in total. The highest BCUT2D eigenvalue weighted by molar-refractivity contribution is 6.00. The molecule has 1 aromatic carbocycles. The fourth-order valence-corrected chi connectivity index (χ4v) is 3.14. The first-order valence-corrected chi connectivity index (χ1v) is 8.54. The lowest BCUT2D eigenvalue weighted by atomic mass is 10.1. The summed E-state index contributed by atoms with van der Waals surface area (Å²) < 4.78 is 54.0. The highest BCUT2D eigenvalue weighted by atomic mass is 19.4. The van der Waals surface area contributed by atoms with Crippen LogP contribution in [0.25, 0.3) is 0 Å². The number of hydrogen-bond acceptors (Lipinski definition) is 5. The van der Waals surface area contributed by atoms with Crippen LogP contribution in [0.15, 0.2) is 12.1 Å². The van der Waals surface area contributed by atoms with E-state index in [9.17, 15) is 22.8 Å². The summed E-state index contributed by atoms with van der Waals surface area (Å²) >= 11 is 0. The summed E-state index contributed by atoms with van der Waals surface area (Å²) in [5.74, 6) is 0.802. The van der Waals surface area contributed by atoms with Crippen molar-refractivity contribution in [1.82, 2.24) is 4.90 Å². The molecule has 29 heavy (non-hydrogen) atoms. The van der Waals surface area contributed by atoms with Gasteiger partial charge in [-0.3, -0.25) is 9.59 Å². The molecule has 10 heteroatoms. The maximum absolute atomic E-state index is 12.8. The van der Waals surface area contributed by atoms with Crippen LogP contribution in [-0.4, -0.2) is 63.9 Å². The highest BCUT2D eigenvalue weighted by Crippen LogP contribution is 2.42. The fraction of sp³-hybridized carbons (Fsp3) is 0.474. The topological polar surface area (TPSA) is 68.3 Å². The minimum Gasteiger partial charge on any atom is -0.493 e. The molecular weight excluding hydrogens is 393 g/mol. The molecule has 0 bridgehead atoms. The Balaban J connectivity index is 2.28. The van der Waals surface area contributed by atoms with Gasteiger partial charge in [-0.25, -0.2) is 0 Å². The molecule has 0 aromatic heterocycles. The Morgan fingerprint density at radius 2 is 1.83 bits per heavy atom. The van der Waals surface area contributed by atoms with Crippen LogP contribution < -0.4 is 19.1 Å². The number of terminal acetylenes is 1. The average molecular weight is 414 g/mol.